The molecule has 1 N–H and O–H groups in total. The van der Waals surface area contributed by atoms with Crippen molar-refractivity contribution in [3.63, 3.8) is 0 Å². The van der Waals surface area contributed by atoms with Crippen molar-refractivity contribution in [1.82, 2.24) is 0 Å². The summed E-state index contributed by atoms with van der Waals surface area (Å²) in [5.74, 6) is -8.72. The van der Waals surface area contributed by atoms with Crippen LogP contribution < -0.4 is 5.32 Å². The summed E-state index contributed by atoms with van der Waals surface area (Å²) >= 11 is 0. The standard InChI is InChI=1S/C12H10F5NO3/c1-6-5-7(9(19)21-2)3-4-8(6)18-10(20)11(13,14)12(15,16)17/h3-5H,1-2H3,(H,18,20). The van der Waals surface area contributed by atoms with Gasteiger partial charge in [0.25, 0.3) is 0 Å². The van der Waals surface area contributed by atoms with Crippen LogP contribution in [0, 0.1) is 6.92 Å². The molecule has 0 aromatic heterocycles. The fourth-order valence-corrected chi connectivity index (χ4v) is 1.38. The van der Waals surface area contributed by atoms with Crippen LogP contribution in [-0.4, -0.2) is 31.1 Å². The van der Waals surface area contributed by atoms with Gasteiger partial charge in [-0.05, 0) is 30.7 Å². The van der Waals surface area contributed by atoms with Crippen molar-refractivity contribution in [3.05, 3.63) is 29.3 Å². The van der Waals surface area contributed by atoms with Gasteiger partial charge in [0.2, 0.25) is 0 Å². The van der Waals surface area contributed by atoms with Crippen molar-refractivity contribution in [2.24, 2.45) is 0 Å². The quantitative estimate of drug-likeness (QED) is 0.690. The zero-order valence-corrected chi connectivity index (χ0v) is 10.8. The summed E-state index contributed by atoms with van der Waals surface area (Å²) in [6, 6.07) is 3.35. The Balaban J connectivity index is 3.00. The van der Waals surface area contributed by atoms with E-state index in [1.165, 1.54) is 18.3 Å². The average molecular weight is 311 g/mol. The van der Waals surface area contributed by atoms with Crippen molar-refractivity contribution in [2.45, 2.75) is 19.0 Å². The highest BCUT2D eigenvalue weighted by molar-refractivity contribution is 5.98. The number of rotatable bonds is 3. The molecular weight excluding hydrogens is 301 g/mol. The Kier molecular flexibility index (Phi) is 4.55. The molecular formula is C12H10F5NO3. The number of esters is 1. The van der Waals surface area contributed by atoms with Crippen LogP contribution in [-0.2, 0) is 9.53 Å². The van der Waals surface area contributed by atoms with Crippen molar-refractivity contribution >= 4 is 17.6 Å². The Morgan fingerprint density at radius 2 is 1.71 bits per heavy atom. The third-order valence-electron chi connectivity index (χ3n) is 2.54. The smallest absolute Gasteiger partial charge is 0.463 e. The first-order valence-corrected chi connectivity index (χ1v) is 5.45. The molecule has 0 atom stereocenters. The minimum Gasteiger partial charge on any atom is -0.465 e. The van der Waals surface area contributed by atoms with Crippen LogP contribution >= 0.6 is 0 Å². The van der Waals surface area contributed by atoms with E-state index in [2.05, 4.69) is 4.74 Å². The third kappa shape index (κ3) is 3.47. The fraction of sp³-hybridized carbons (Fsp3) is 0.333. The van der Waals surface area contributed by atoms with Gasteiger partial charge in [-0.3, -0.25) is 4.79 Å². The van der Waals surface area contributed by atoms with E-state index in [9.17, 15) is 31.5 Å². The Morgan fingerprint density at radius 1 is 1.14 bits per heavy atom. The lowest BCUT2D eigenvalue weighted by atomic mass is 10.1. The molecule has 0 aliphatic rings. The predicted octanol–water partition coefficient (Wildman–Crippen LogP) is 2.92. The van der Waals surface area contributed by atoms with Gasteiger partial charge in [0.1, 0.15) is 0 Å². The third-order valence-corrected chi connectivity index (χ3v) is 2.54. The maximum atomic E-state index is 12.8. The van der Waals surface area contributed by atoms with Gasteiger partial charge >= 0.3 is 24.0 Å². The number of hydrogen-bond donors (Lipinski definition) is 1. The molecule has 0 bridgehead atoms. The summed E-state index contributed by atoms with van der Waals surface area (Å²) < 4.78 is 66.1. The van der Waals surface area contributed by atoms with E-state index in [1.807, 2.05) is 0 Å². The van der Waals surface area contributed by atoms with Gasteiger partial charge in [-0.25, -0.2) is 4.79 Å². The van der Waals surface area contributed by atoms with Gasteiger partial charge in [0.05, 0.1) is 12.7 Å². The second kappa shape index (κ2) is 5.66. The molecule has 0 saturated heterocycles. The lowest BCUT2D eigenvalue weighted by Gasteiger charge is -2.19. The van der Waals surface area contributed by atoms with Crippen LogP contribution in [0.25, 0.3) is 0 Å². The second-order valence-electron chi connectivity index (χ2n) is 4.05. The molecule has 1 rings (SSSR count). The number of hydrogen-bond acceptors (Lipinski definition) is 3. The van der Waals surface area contributed by atoms with E-state index in [-0.39, 0.29) is 16.8 Å². The van der Waals surface area contributed by atoms with Gasteiger partial charge in [-0.1, -0.05) is 0 Å². The number of halogens is 5. The molecule has 0 radical (unpaired) electrons. The minimum absolute atomic E-state index is 0.0654. The SMILES string of the molecule is COC(=O)c1ccc(NC(=O)C(F)(F)C(F)(F)F)c(C)c1. The van der Waals surface area contributed by atoms with Crippen molar-refractivity contribution in [1.29, 1.82) is 0 Å². The second-order valence-corrected chi connectivity index (χ2v) is 4.05. The highest BCUT2D eigenvalue weighted by Gasteiger charge is 2.63. The van der Waals surface area contributed by atoms with Gasteiger partial charge in [0, 0.05) is 5.69 Å². The first kappa shape index (κ1) is 16.9. The van der Waals surface area contributed by atoms with E-state index in [0.29, 0.717) is 0 Å². The summed E-state index contributed by atoms with van der Waals surface area (Å²) in [4.78, 5) is 22.2. The number of carbonyl (C=O) groups excluding carboxylic acids is 2. The van der Waals surface area contributed by atoms with E-state index in [0.717, 1.165) is 19.2 Å². The van der Waals surface area contributed by atoms with Crippen molar-refractivity contribution < 1.29 is 36.3 Å². The molecule has 4 nitrogen and oxygen atoms in total. The lowest BCUT2D eigenvalue weighted by molar-refractivity contribution is -0.267. The van der Waals surface area contributed by atoms with Gasteiger partial charge < -0.3 is 10.1 Å². The molecule has 9 heteroatoms. The van der Waals surface area contributed by atoms with Crippen molar-refractivity contribution in [2.75, 3.05) is 12.4 Å². The van der Waals surface area contributed by atoms with E-state index in [1.54, 1.807) is 0 Å². The number of alkyl halides is 5. The molecule has 1 amide bonds. The number of aryl methyl sites for hydroxylation is 1. The molecule has 0 aliphatic heterocycles. The number of carbonyl (C=O) groups is 2. The lowest BCUT2D eigenvalue weighted by Crippen LogP contribution is -2.47. The van der Waals surface area contributed by atoms with Crippen molar-refractivity contribution in [3.8, 4) is 0 Å². The van der Waals surface area contributed by atoms with Crippen LogP contribution in [0.15, 0.2) is 18.2 Å². The topological polar surface area (TPSA) is 55.4 Å². The highest BCUT2D eigenvalue weighted by atomic mass is 19.4. The molecule has 0 unspecified atom stereocenters. The number of amides is 1. The molecule has 0 spiro atoms. The summed E-state index contributed by atoms with van der Waals surface area (Å²) in [5, 5.41) is 1.48. The van der Waals surface area contributed by atoms with Gasteiger partial charge in [-0.2, -0.15) is 22.0 Å². The normalized spacial score (nSPS) is 12.0. The largest absolute Gasteiger partial charge is 0.465 e. The molecule has 1 aromatic carbocycles. The van der Waals surface area contributed by atoms with E-state index >= 15 is 0 Å². The maximum absolute atomic E-state index is 12.8. The van der Waals surface area contributed by atoms with Gasteiger partial charge in [-0.15, -0.1) is 0 Å². The number of benzene rings is 1. The van der Waals surface area contributed by atoms with Crippen LogP contribution in [0.5, 0.6) is 0 Å². The van der Waals surface area contributed by atoms with Crippen LogP contribution in [0.1, 0.15) is 15.9 Å². The van der Waals surface area contributed by atoms with Gasteiger partial charge in [0.15, 0.2) is 0 Å². The monoisotopic (exact) mass is 311 g/mol. The number of anilines is 1. The van der Waals surface area contributed by atoms with Crippen LogP contribution in [0.3, 0.4) is 0 Å². The summed E-state index contributed by atoms with van der Waals surface area (Å²) in [7, 11) is 1.12. The molecule has 21 heavy (non-hydrogen) atoms. The predicted molar refractivity (Wildman–Crippen MR) is 62.2 cm³/mol. The zero-order chi connectivity index (χ0) is 16.4. The molecule has 0 aliphatic carbocycles. The average Bonchev–Trinajstić information content (AvgIpc) is 2.38. The first-order valence-electron chi connectivity index (χ1n) is 5.45. The fourth-order valence-electron chi connectivity index (χ4n) is 1.38. The summed E-state index contributed by atoms with van der Waals surface area (Å²) in [6.07, 6.45) is -5.99. The summed E-state index contributed by atoms with van der Waals surface area (Å²) in [6.45, 7) is 1.33. The van der Waals surface area contributed by atoms with E-state index in [4.69, 9.17) is 0 Å². The molecule has 0 fully saturated rings. The number of ether oxygens (including phenoxy) is 1. The number of nitrogens with one attached hydrogen (secondary N) is 1. The van der Waals surface area contributed by atoms with Crippen LogP contribution in [0.4, 0.5) is 27.6 Å². The molecule has 1 aromatic rings. The Bertz CT molecular complexity index is 569. The maximum Gasteiger partial charge on any atom is 0.463 e. The minimum atomic E-state index is -5.99. The molecule has 0 saturated carbocycles. The highest BCUT2D eigenvalue weighted by Crippen LogP contribution is 2.36. The van der Waals surface area contributed by atoms with Crippen LogP contribution in [0.2, 0.25) is 0 Å². The molecule has 0 heterocycles. The number of methoxy groups -OCH3 is 1. The Hall–Kier alpha value is -2.19. The Labute approximate surface area is 115 Å². The Morgan fingerprint density at radius 3 is 2.14 bits per heavy atom. The first-order chi connectivity index (χ1) is 9.50. The molecule has 116 valence electrons. The zero-order valence-electron chi connectivity index (χ0n) is 10.8. The van der Waals surface area contributed by atoms with E-state index < -0.39 is 24.0 Å². The summed E-state index contributed by atoms with van der Waals surface area (Å²) in [5.41, 5.74) is -0.0728.